The van der Waals surface area contributed by atoms with Crippen molar-refractivity contribution in [1.82, 2.24) is 4.90 Å². The monoisotopic (exact) mass is 572 g/mol. The van der Waals surface area contributed by atoms with Crippen molar-refractivity contribution in [2.24, 2.45) is 0 Å². The molecule has 0 radical (unpaired) electrons. The molecular formula is C25H24F4N2O7S. The third kappa shape index (κ3) is 4.80. The van der Waals surface area contributed by atoms with Gasteiger partial charge in [0.15, 0.2) is 17.8 Å². The van der Waals surface area contributed by atoms with E-state index in [4.69, 9.17) is 9.47 Å². The average molecular weight is 573 g/mol. The van der Waals surface area contributed by atoms with Gasteiger partial charge in [0.05, 0.1) is 29.7 Å². The van der Waals surface area contributed by atoms with Crippen molar-refractivity contribution in [1.29, 1.82) is 0 Å². The molecule has 14 heteroatoms. The molecule has 1 amide bonds. The number of rotatable bonds is 5. The number of hydrogen-bond donors (Lipinski definition) is 1. The Bertz CT molecular complexity index is 1400. The third-order valence-electron chi connectivity index (χ3n) is 7.35. The van der Waals surface area contributed by atoms with Crippen LogP contribution in [0, 0.1) is 5.82 Å². The fourth-order valence-corrected chi connectivity index (χ4v) is 6.83. The highest BCUT2D eigenvalue weighted by Gasteiger charge is 2.52. The molecule has 1 N–H and O–H groups in total. The first kappa shape index (κ1) is 27.2. The summed E-state index contributed by atoms with van der Waals surface area (Å²) in [6.45, 7) is 0.775. The summed E-state index contributed by atoms with van der Waals surface area (Å²) in [4.78, 5) is 25.6. The summed E-state index contributed by atoms with van der Waals surface area (Å²) in [6, 6.07) is 6.42. The molecule has 0 saturated carbocycles. The van der Waals surface area contributed by atoms with Crippen molar-refractivity contribution in [3.8, 4) is 0 Å². The Kier molecular flexibility index (Phi) is 6.53. The first-order valence-corrected chi connectivity index (χ1v) is 13.5. The number of aliphatic hydroxyl groups is 1. The quantitative estimate of drug-likeness (QED) is 0.432. The van der Waals surface area contributed by atoms with Crippen LogP contribution in [0.15, 0.2) is 47.4 Å². The lowest BCUT2D eigenvalue weighted by atomic mass is 9.89. The van der Waals surface area contributed by atoms with E-state index in [-0.39, 0.29) is 48.5 Å². The Morgan fingerprint density at radius 3 is 2.28 bits per heavy atom. The molecule has 2 aromatic carbocycles. The van der Waals surface area contributed by atoms with Crippen LogP contribution >= 0.6 is 0 Å². The van der Waals surface area contributed by atoms with Gasteiger partial charge >= 0.3 is 12.3 Å². The van der Waals surface area contributed by atoms with Crippen LogP contribution in [0.2, 0.25) is 0 Å². The molecule has 210 valence electrons. The molecule has 0 aromatic heterocycles. The number of ether oxygens (including phenoxy) is 2. The summed E-state index contributed by atoms with van der Waals surface area (Å²) in [5, 5.41) is 10.1. The molecule has 3 aliphatic heterocycles. The fraction of sp³-hybridized carbons (Fsp3) is 0.440. The summed E-state index contributed by atoms with van der Waals surface area (Å²) in [5.41, 5.74) is -3.34. The van der Waals surface area contributed by atoms with E-state index >= 15 is 0 Å². The van der Waals surface area contributed by atoms with Gasteiger partial charge in [-0.05, 0) is 61.2 Å². The van der Waals surface area contributed by atoms with Crippen LogP contribution in [0.3, 0.4) is 0 Å². The van der Waals surface area contributed by atoms with Gasteiger partial charge in [0, 0.05) is 6.42 Å². The van der Waals surface area contributed by atoms with Crippen molar-refractivity contribution < 1.29 is 50.1 Å². The van der Waals surface area contributed by atoms with Gasteiger partial charge in [-0.3, -0.25) is 9.10 Å². The predicted octanol–water partition coefficient (Wildman–Crippen LogP) is 3.24. The topological polar surface area (TPSA) is 113 Å². The van der Waals surface area contributed by atoms with Gasteiger partial charge < -0.3 is 19.5 Å². The Morgan fingerprint density at radius 1 is 1.08 bits per heavy atom. The summed E-state index contributed by atoms with van der Waals surface area (Å²) >= 11 is 0. The van der Waals surface area contributed by atoms with E-state index in [1.54, 1.807) is 0 Å². The van der Waals surface area contributed by atoms with Gasteiger partial charge in [0.25, 0.3) is 10.0 Å². The number of alkyl halides is 3. The molecule has 0 bridgehead atoms. The van der Waals surface area contributed by atoms with Crippen molar-refractivity contribution in [2.75, 3.05) is 17.4 Å². The average Bonchev–Trinajstić information content (AvgIpc) is 3.40. The smallest absolute Gasteiger partial charge is 0.425 e. The molecule has 3 aliphatic rings. The van der Waals surface area contributed by atoms with Crippen LogP contribution in [0.1, 0.15) is 30.9 Å². The molecule has 1 unspecified atom stereocenters. The molecule has 5 rings (SSSR count). The molecule has 2 saturated heterocycles. The lowest BCUT2D eigenvalue weighted by Crippen LogP contribution is -2.47. The Balaban J connectivity index is 1.49. The lowest BCUT2D eigenvalue weighted by Gasteiger charge is -2.39. The minimum atomic E-state index is -4.98. The second-order valence-corrected chi connectivity index (χ2v) is 11.7. The Hall–Kier alpha value is -3.39. The van der Waals surface area contributed by atoms with Crippen molar-refractivity contribution in [3.05, 3.63) is 59.4 Å². The maximum Gasteiger partial charge on any atom is 0.509 e. The predicted molar refractivity (Wildman–Crippen MR) is 127 cm³/mol. The van der Waals surface area contributed by atoms with E-state index in [9.17, 15) is 40.7 Å². The zero-order chi connectivity index (χ0) is 28.3. The number of nitrogens with zero attached hydrogens (tertiary/aromatic N) is 2. The van der Waals surface area contributed by atoms with E-state index in [0.717, 1.165) is 40.7 Å². The normalized spacial score (nSPS) is 24.5. The van der Waals surface area contributed by atoms with Crippen LogP contribution < -0.4 is 4.31 Å². The number of anilines is 1. The van der Waals surface area contributed by atoms with Gasteiger partial charge in [0.2, 0.25) is 5.91 Å². The molecule has 4 atom stereocenters. The minimum Gasteiger partial charge on any atom is -0.425 e. The summed E-state index contributed by atoms with van der Waals surface area (Å²) in [5.74, 6) is -1.09. The highest BCUT2D eigenvalue weighted by molar-refractivity contribution is 7.92. The van der Waals surface area contributed by atoms with E-state index in [1.807, 2.05) is 0 Å². The van der Waals surface area contributed by atoms with E-state index in [1.165, 1.54) is 11.0 Å². The van der Waals surface area contributed by atoms with Crippen LogP contribution in [0.25, 0.3) is 0 Å². The minimum absolute atomic E-state index is 0.0562. The zero-order valence-electron chi connectivity index (χ0n) is 20.5. The summed E-state index contributed by atoms with van der Waals surface area (Å²) in [7, 11) is -4.39. The second kappa shape index (κ2) is 9.37. The number of benzene rings is 2. The van der Waals surface area contributed by atoms with Gasteiger partial charge in [0.1, 0.15) is 5.82 Å². The molecule has 9 nitrogen and oxygen atoms in total. The Morgan fingerprint density at radius 2 is 1.69 bits per heavy atom. The number of amides is 1. The SMILES string of the molecule is CC(O)(c1ccc2c(c1)CC[C@@H](CC(=O)N1C[C@@H]3OC(=O)O[C@@H]3C1)N2S(=O)(=O)c1ccc(F)cc1)C(F)(F)F. The summed E-state index contributed by atoms with van der Waals surface area (Å²) < 4.78 is 92.5. The third-order valence-corrected chi connectivity index (χ3v) is 9.23. The highest BCUT2D eigenvalue weighted by Crippen LogP contribution is 2.43. The molecule has 0 spiro atoms. The van der Waals surface area contributed by atoms with Gasteiger partial charge in [-0.1, -0.05) is 12.1 Å². The number of halogens is 4. The first-order chi connectivity index (χ1) is 18.2. The van der Waals surface area contributed by atoms with Crippen molar-refractivity contribution in [2.45, 2.75) is 61.1 Å². The number of carbonyl (C=O) groups is 2. The first-order valence-electron chi connectivity index (χ1n) is 12.1. The number of likely N-dealkylation sites (tertiary alicyclic amines) is 1. The Labute approximate surface area is 221 Å². The second-order valence-electron chi connectivity index (χ2n) is 9.93. The number of aryl methyl sites for hydroxylation is 1. The molecule has 39 heavy (non-hydrogen) atoms. The number of sulfonamides is 1. The zero-order valence-corrected chi connectivity index (χ0v) is 21.3. The van der Waals surface area contributed by atoms with Crippen LogP contribution in [0.5, 0.6) is 0 Å². The van der Waals surface area contributed by atoms with Gasteiger partial charge in [-0.25, -0.2) is 17.6 Å². The van der Waals surface area contributed by atoms with E-state index in [2.05, 4.69) is 0 Å². The number of carbonyl (C=O) groups excluding carboxylic acids is 2. The van der Waals surface area contributed by atoms with Crippen LogP contribution in [0.4, 0.5) is 28.0 Å². The molecular weight excluding hydrogens is 548 g/mol. The molecule has 0 aliphatic carbocycles. The highest BCUT2D eigenvalue weighted by atomic mass is 32.2. The maximum absolute atomic E-state index is 13.8. The van der Waals surface area contributed by atoms with E-state index < -0.39 is 63.5 Å². The van der Waals surface area contributed by atoms with Gasteiger partial charge in [-0.15, -0.1) is 0 Å². The number of hydrogen-bond acceptors (Lipinski definition) is 7. The van der Waals surface area contributed by atoms with Crippen molar-refractivity contribution >= 4 is 27.8 Å². The van der Waals surface area contributed by atoms with Crippen LogP contribution in [-0.4, -0.2) is 68.0 Å². The maximum atomic E-state index is 13.8. The van der Waals surface area contributed by atoms with Crippen LogP contribution in [-0.2, 0) is 36.3 Å². The summed E-state index contributed by atoms with van der Waals surface area (Å²) in [6.07, 6.45) is -7.08. The van der Waals surface area contributed by atoms with Gasteiger partial charge in [-0.2, -0.15) is 13.2 Å². The fourth-order valence-electron chi connectivity index (χ4n) is 5.11. The molecule has 2 aromatic rings. The van der Waals surface area contributed by atoms with Crippen molar-refractivity contribution in [3.63, 3.8) is 0 Å². The lowest BCUT2D eigenvalue weighted by molar-refractivity contribution is -0.258. The standard InChI is InChI=1S/C25H24F4N2O7S/c1-24(34,25(27,28)29)15-3-9-19-14(10-15)2-6-17(31(19)39(35,36)18-7-4-16(26)5-8-18)11-22(32)30-12-20-21(13-30)38-23(33)37-20/h3-5,7-10,17,20-21,34H,2,6,11-13H2,1H3/t17-,20-,21+,24?/m0/s1. The molecule has 2 fully saturated rings. The van der Waals surface area contributed by atoms with E-state index in [0.29, 0.717) is 6.92 Å². The largest absolute Gasteiger partial charge is 0.509 e. The molecule has 3 heterocycles. The number of fused-ring (bicyclic) bond motifs is 2.